The van der Waals surface area contributed by atoms with E-state index in [0.29, 0.717) is 37.6 Å². The van der Waals surface area contributed by atoms with Crippen molar-refractivity contribution in [3.8, 4) is 0 Å². The monoisotopic (exact) mass is 527 g/mol. The van der Waals surface area contributed by atoms with Crippen molar-refractivity contribution in [2.24, 2.45) is 5.92 Å². The summed E-state index contributed by atoms with van der Waals surface area (Å²) in [6.45, 7) is 6.15. The van der Waals surface area contributed by atoms with Crippen LogP contribution in [0.15, 0.2) is 54.6 Å². The van der Waals surface area contributed by atoms with Crippen molar-refractivity contribution in [1.82, 2.24) is 24.7 Å². The largest absolute Gasteiger partial charge is 0.349 e. The van der Waals surface area contributed by atoms with Crippen LogP contribution >= 0.6 is 0 Å². The highest BCUT2D eigenvalue weighted by Crippen LogP contribution is 2.43. The summed E-state index contributed by atoms with van der Waals surface area (Å²) in [7, 11) is 0. The van der Waals surface area contributed by atoms with Gasteiger partial charge in [-0.15, -0.1) is 0 Å². The minimum atomic E-state index is -0.101. The van der Waals surface area contributed by atoms with Gasteiger partial charge in [-0.3, -0.25) is 14.5 Å². The number of piperidine rings is 1. The number of imidazole rings is 1. The summed E-state index contributed by atoms with van der Waals surface area (Å²) >= 11 is 0. The molecule has 3 aliphatic rings. The molecule has 6 rings (SSSR count). The molecule has 2 bridgehead atoms. The highest BCUT2D eigenvalue weighted by Gasteiger charge is 2.42. The maximum absolute atomic E-state index is 13.1. The number of nitrogens with zero attached hydrogens (tertiary/aromatic N) is 4. The quantitative estimate of drug-likeness (QED) is 0.431. The molecule has 0 aliphatic carbocycles. The summed E-state index contributed by atoms with van der Waals surface area (Å²) in [5, 5.41) is 3.35. The second-order valence-corrected chi connectivity index (χ2v) is 11.6. The molecule has 7 heteroatoms. The van der Waals surface area contributed by atoms with Crippen LogP contribution in [0.1, 0.15) is 75.8 Å². The van der Waals surface area contributed by atoms with Crippen molar-refractivity contribution in [1.29, 1.82) is 0 Å². The number of carbonyl (C=O) groups excluding carboxylic acids is 2. The molecule has 39 heavy (non-hydrogen) atoms. The molecule has 0 saturated carbocycles. The molecule has 2 aromatic carbocycles. The average Bonchev–Trinajstić information content (AvgIpc) is 3.43. The number of aromatic nitrogens is 2. The van der Waals surface area contributed by atoms with Gasteiger partial charge in [-0.1, -0.05) is 56.3 Å². The maximum atomic E-state index is 13.1. The Kier molecular flexibility index (Phi) is 7.43. The van der Waals surface area contributed by atoms with Crippen LogP contribution in [0.25, 0.3) is 11.0 Å². The molecule has 3 saturated heterocycles. The van der Waals surface area contributed by atoms with Crippen LogP contribution in [0.5, 0.6) is 0 Å². The van der Waals surface area contributed by atoms with Crippen LogP contribution in [0.3, 0.4) is 0 Å². The minimum absolute atomic E-state index is 0.0176. The molecule has 7 nitrogen and oxygen atoms in total. The number of likely N-dealkylation sites (tertiary alicyclic amines) is 1. The number of rotatable bonds is 9. The molecule has 206 valence electrons. The lowest BCUT2D eigenvalue weighted by molar-refractivity contribution is -0.143. The minimum Gasteiger partial charge on any atom is -0.349 e. The Hall–Kier alpha value is -3.19. The number of para-hydroxylation sites is 2. The average molecular weight is 528 g/mol. The van der Waals surface area contributed by atoms with Gasteiger partial charge in [0.05, 0.1) is 23.0 Å². The Morgan fingerprint density at radius 3 is 2.33 bits per heavy atom. The normalized spacial score (nSPS) is 24.1. The highest BCUT2D eigenvalue weighted by atomic mass is 16.2. The molecule has 4 atom stereocenters. The maximum Gasteiger partial charge on any atom is 0.227 e. The lowest BCUT2D eigenvalue weighted by atomic mass is 9.94. The molecular weight excluding hydrogens is 486 g/mol. The Balaban J connectivity index is 1.12. The molecule has 3 aliphatic heterocycles. The second-order valence-electron chi connectivity index (χ2n) is 11.6. The molecule has 0 radical (unpaired) electrons. The van der Waals surface area contributed by atoms with Crippen LogP contribution in [0.2, 0.25) is 0 Å². The summed E-state index contributed by atoms with van der Waals surface area (Å²) in [4.78, 5) is 34.5. The van der Waals surface area contributed by atoms with Gasteiger partial charge in [0.1, 0.15) is 5.82 Å². The van der Waals surface area contributed by atoms with E-state index in [1.54, 1.807) is 4.90 Å². The van der Waals surface area contributed by atoms with Crippen molar-refractivity contribution < 1.29 is 9.59 Å². The molecule has 3 aromatic rings. The van der Waals surface area contributed by atoms with Crippen molar-refractivity contribution in [2.45, 2.75) is 83.0 Å². The number of hydrogen-bond acceptors (Lipinski definition) is 4. The number of nitrogens with one attached hydrogen (secondary N) is 1. The Morgan fingerprint density at radius 2 is 1.64 bits per heavy atom. The number of carbonyl (C=O) groups is 2. The molecular formula is C32H41N5O2. The number of hydrogen-bond donors (Lipinski definition) is 1. The fourth-order valence-corrected chi connectivity index (χ4v) is 7.22. The first kappa shape index (κ1) is 26.1. The van der Waals surface area contributed by atoms with E-state index < -0.39 is 0 Å². The van der Waals surface area contributed by atoms with Crippen LogP contribution < -0.4 is 5.32 Å². The van der Waals surface area contributed by atoms with Gasteiger partial charge in [-0.2, -0.15) is 0 Å². The molecule has 1 N–H and O–H groups in total. The van der Waals surface area contributed by atoms with Crippen molar-refractivity contribution in [3.63, 3.8) is 0 Å². The van der Waals surface area contributed by atoms with Gasteiger partial charge >= 0.3 is 0 Å². The van der Waals surface area contributed by atoms with E-state index in [1.807, 2.05) is 13.0 Å². The summed E-state index contributed by atoms with van der Waals surface area (Å²) in [5.74, 6) is 1.31. The first-order valence-electron chi connectivity index (χ1n) is 14.9. The Labute approximate surface area is 231 Å². The molecule has 1 aromatic heterocycles. The molecule has 4 heterocycles. The summed E-state index contributed by atoms with van der Waals surface area (Å²) < 4.78 is 2.54. The first-order valence-corrected chi connectivity index (χ1v) is 14.9. The van der Waals surface area contributed by atoms with Crippen LogP contribution in [0, 0.1) is 5.92 Å². The second kappa shape index (κ2) is 11.1. The van der Waals surface area contributed by atoms with Gasteiger partial charge < -0.3 is 14.8 Å². The smallest absolute Gasteiger partial charge is 0.227 e. The summed E-state index contributed by atoms with van der Waals surface area (Å²) in [6.07, 6.45) is 7.17. The van der Waals surface area contributed by atoms with E-state index in [-0.39, 0.29) is 23.8 Å². The van der Waals surface area contributed by atoms with Gasteiger partial charge in [0.25, 0.3) is 0 Å². The number of amides is 2. The molecule has 3 fully saturated rings. The van der Waals surface area contributed by atoms with Crippen LogP contribution in [0.4, 0.5) is 0 Å². The summed E-state index contributed by atoms with van der Waals surface area (Å²) in [6, 6.07) is 20.6. The lowest BCUT2D eigenvalue weighted by Crippen LogP contribution is -2.56. The van der Waals surface area contributed by atoms with Gasteiger partial charge in [0, 0.05) is 50.6 Å². The number of benzene rings is 2. The third-order valence-corrected chi connectivity index (χ3v) is 9.31. The SMILES string of the molecule is CCC(=O)N1CC(C(=O)N[C@@H](CCN2[C@@H]3CC[C@H]2C[C@H](n2c(CC)nc4ccccc42)C3)c2ccccc2)C1. The van der Waals surface area contributed by atoms with Crippen molar-refractivity contribution in [3.05, 3.63) is 66.0 Å². The molecule has 0 spiro atoms. The number of fused-ring (bicyclic) bond motifs is 3. The fourth-order valence-electron chi connectivity index (χ4n) is 7.22. The van der Waals surface area contributed by atoms with E-state index in [9.17, 15) is 9.59 Å². The first-order chi connectivity index (χ1) is 19.1. The van der Waals surface area contributed by atoms with E-state index in [0.717, 1.165) is 43.3 Å². The van der Waals surface area contributed by atoms with E-state index >= 15 is 0 Å². The van der Waals surface area contributed by atoms with Crippen molar-refractivity contribution >= 4 is 22.8 Å². The van der Waals surface area contributed by atoms with Gasteiger partial charge in [0.2, 0.25) is 11.8 Å². The highest BCUT2D eigenvalue weighted by molar-refractivity contribution is 5.84. The van der Waals surface area contributed by atoms with Crippen molar-refractivity contribution in [2.75, 3.05) is 19.6 Å². The van der Waals surface area contributed by atoms with Gasteiger partial charge in [0.15, 0.2) is 0 Å². The predicted octanol–water partition coefficient (Wildman–Crippen LogP) is 4.88. The van der Waals surface area contributed by atoms with Crippen LogP contribution in [-0.2, 0) is 16.0 Å². The Morgan fingerprint density at radius 1 is 0.949 bits per heavy atom. The van der Waals surface area contributed by atoms with E-state index in [2.05, 4.69) is 70.2 Å². The third kappa shape index (κ3) is 5.09. The lowest BCUT2D eigenvalue weighted by Gasteiger charge is -2.41. The standard InChI is InChI=1S/C32H41N5O2/c1-3-30-33-28-12-8-9-13-29(28)37(30)26-18-24-14-15-25(19-26)36(24)17-16-27(22-10-6-5-7-11-22)34-32(39)23-20-35(21-23)31(38)4-2/h5-13,23-27H,3-4,14-21H2,1-2H3,(H,34,39)/t24-,25+,26-,27-/m0/s1. The Bertz CT molecular complexity index is 1300. The summed E-state index contributed by atoms with van der Waals surface area (Å²) in [5.41, 5.74) is 3.54. The van der Waals surface area contributed by atoms with E-state index in [1.165, 1.54) is 24.2 Å². The topological polar surface area (TPSA) is 70.5 Å². The zero-order valence-corrected chi connectivity index (χ0v) is 23.3. The van der Waals surface area contributed by atoms with Crippen LogP contribution in [-0.4, -0.2) is 62.9 Å². The number of aryl methyl sites for hydroxylation is 1. The van der Waals surface area contributed by atoms with E-state index in [4.69, 9.17) is 4.98 Å². The fraction of sp³-hybridized carbons (Fsp3) is 0.531. The third-order valence-electron chi connectivity index (χ3n) is 9.31. The zero-order chi connectivity index (χ0) is 26.9. The van der Waals surface area contributed by atoms with Gasteiger partial charge in [-0.05, 0) is 49.8 Å². The van der Waals surface area contributed by atoms with Gasteiger partial charge in [-0.25, -0.2) is 4.98 Å². The predicted molar refractivity (Wildman–Crippen MR) is 153 cm³/mol. The zero-order valence-electron chi connectivity index (χ0n) is 23.3. The molecule has 0 unspecified atom stereocenters. The molecule has 2 amide bonds.